The average molecular weight is 526 g/mol. The highest BCUT2D eigenvalue weighted by Gasteiger charge is 2.37. The number of barbiturate groups is 1. The van der Waals surface area contributed by atoms with Crippen LogP contribution in [-0.4, -0.2) is 29.0 Å². The Bertz CT molecular complexity index is 1330. The molecule has 2 heterocycles. The van der Waals surface area contributed by atoms with Crippen molar-refractivity contribution in [2.75, 3.05) is 11.5 Å². The van der Waals surface area contributed by atoms with Crippen LogP contribution in [0.1, 0.15) is 37.4 Å². The van der Waals surface area contributed by atoms with Gasteiger partial charge in [0.15, 0.2) is 0 Å². The molecule has 0 spiro atoms. The molecule has 1 aliphatic heterocycles. The second-order valence-electron chi connectivity index (χ2n) is 8.41. The summed E-state index contributed by atoms with van der Waals surface area (Å²) >= 11 is 12.1. The van der Waals surface area contributed by atoms with Gasteiger partial charge in [0.25, 0.3) is 11.8 Å². The fourth-order valence-electron chi connectivity index (χ4n) is 3.83. The maximum absolute atomic E-state index is 13.2. The van der Waals surface area contributed by atoms with Gasteiger partial charge in [-0.15, -0.1) is 0 Å². The Morgan fingerprint density at radius 2 is 1.81 bits per heavy atom. The van der Waals surface area contributed by atoms with Crippen LogP contribution in [-0.2, 0) is 16.1 Å². The molecule has 1 atom stereocenters. The SMILES string of the molecule is CC[C@H](C)c1ccc(N2C(=O)NC(=O)/C(=C\c3cccn3CCOc3cc(Cl)ccc3Cl)C2=O)cc1. The van der Waals surface area contributed by atoms with Gasteiger partial charge in [0.05, 0.1) is 17.3 Å². The maximum Gasteiger partial charge on any atom is 0.335 e. The van der Waals surface area contributed by atoms with E-state index in [1.165, 1.54) is 6.08 Å². The molecule has 1 aromatic heterocycles. The summed E-state index contributed by atoms with van der Waals surface area (Å²) in [5.41, 5.74) is 1.97. The fraction of sp³-hybridized carbons (Fsp3) is 0.222. The van der Waals surface area contributed by atoms with Gasteiger partial charge in [0, 0.05) is 23.0 Å². The van der Waals surface area contributed by atoms with Gasteiger partial charge in [-0.1, -0.05) is 49.2 Å². The molecule has 4 rings (SSSR count). The Labute approximate surface area is 219 Å². The van der Waals surface area contributed by atoms with Gasteiger partial charge < -0.3 is 9.30 Å². The molecule has 1 aliphatic rings. The third-order valence-corrected chi connectivity index (χ3v) is 6.62. The van der Waals surface area contributed by atoms with Gasteiger partial charge in [-0.2, -0.15) is 0 Å². The van der Waals surface area contributed by atoms with Crippen LogP contribution < -0.4 is 15.0 Å². The fourth-order valence-corrected chi connectivity index (χ4v) is 4.17. The first-order valence-electron chi connectivity index (χ1n) is 11.5. The summed E-state index contributed by atoms with van der Waals surface area (Å²) < 4.78 is 7.57. The monoisotopic (exact) mass is 525 g/mol. The number of anilines is 1. The average Bonchev–Trinajstić information content (AvgIpc) is 3.30. The summed E-state index contributed by atoms with van der Waals surface area (Å²) in [5, 5.41) is 3.22. The Morgan fingerprint density at radius 3 is 2.53 bits per heavy atom. The van der Waals surface area contributed by atoms with E-state index < -0.39 is 17.8 Å². The second-order valence-corrected chi connectivity index (χ2v) is 9.25. The summed E-state index contributed by atoms with van der Waals surface area (Å²) in [6, 6.07) is 15.0. The van der Waals surface area contributed by atoms with Gasteiger partial charge in [-0.3, -0.25) is 14.9 Å². The summed E-state index contributed by atoms with van der Waals surface area (Å²) in [6.45, 7) is 4.90. The number of aromatic nitrogens is 1. The van der Waals surface area contributed by atoms with E-state index in [4.69, 9.17) is 27.9 Å². The normalized spacial score (nSPS) is 15.8. The Hall–Kier alpha value is -3.55. The number of hydrogen-bond acceptors (Lipinski definition) is 4. The number of hydrogen-bond donors (Lipinski definition) is 1. The minimum atomic E-state index is -0.777. The number of urea groups is 1. The molecule has 0 aliphatic carbocycles. The van der Waals surface area contributed by atoms with Crippen LogP contribution in [0, 0.1) is 0 Å². The van der Waals surface area contributed by atoms with E-state index >= 15 is 0 Å². The molecular weight excluding hydrogens is 501 g/mol. The van der Waals surface area contributed by atoms with E-state index in [-0.39, 0.29) is 12.2 Å². The van der Waals surface area contributed by atoms with E-state index in [0.717, 1.165) is 16.9 Å². The van der Waals surface area contributed by atoms with Crippen LogP contribution in [0.2, 0.25) is 10.0 Å². The number of carbonyl (C=O) groups is 3. The Kier molecular flexibility index (Phi) is 7.82. The molecule has 0 saturated carbocycles. The number of imide groups is 2. The van der Waals surface area contributed by atoms with Gasteiger partial charge in [-0.25, -0.2) is 9.69 Å². The molecule has 2 aromatic carbocycles. The molecule has 0 bridgehead atoms. The molecule has 1 fully saturated rings. The van der Waals surface area contributed by atoms with Gasteiger partial charge in [-0.05, 0) is 60.4 Å². The maximum atomic E-state index is 13.2. The number of ether oxygens (including phenoxy) is 1. The van der Waals surface area contributed by atoms with Crippen molar-refractivity contribution in [1.82, 2.24) is 9.88 Å². The third-order valence-electron chi connectivity index (χ3n) is 6.07. The minimum absolute atomic E-state index is 0.139. The second kappa shape index (κ2) is 11.0. The lowest BCUT2D eigenvalue weighted by molar-refractivity contribution is -0.122. The van der Waals surface area contributed by atoms with Crippen LogP contribution >= 0.6 is 23.2 Å². The quantitative estimate of drug-likeness (QED) is 0.286. The first-order chi connectivity index (χ1) is 17.3. The summed E-state index contributed by atoms with van der Waals surface area (Å²) in [4.78, 5) is 39.3. The van der Waals surface area contributed by atoms with Crippen molar-refractivity contribution >= 4 is 52.8 Å². The highest BCUT2D eigenvalue weighted by molar-refractivity contribution is 6.39. The first-order valence-corrected chi connectivity index (χ1v) is 12.3. The Balaban J connectivity index is 1.52. The van der Waals surface area contributed by atoms with Crippen LogP contribution in [0.3, 0.4) is 0 Å². The van der Waals surface area contributed by atoms with E-state index in [1.807, 2.05) is 16.7 Å². The molecule has 1 N–H and O–H groups in total. The van der Waals surface area contributed by atoms with E-state index in [2.05, 4.69) is 19.2 Å². The molecule has 7 nitrogen and oxygen atoms in total. The number of benzene rings is 2. The highest BCUT2D eigenvalue weighted by atomic mass is 35.5. The molecule has 186 valence electrons. The third kappa shape index (κ3) is 5.48. The standard InChI is InChI=1S/C27H25Cl2N3O4/c1-3-17(2)18-6-9-20(10-7-18)32-26(34)22(25(33)30-27(32)35)16-21-5-4-12-31(21)13-14-36-24-15-19(28)8-11-23(24)29/h4-12,15-17H,3,13-14H2,1-2H3,(H,30,33,35)/b22-16+/t17-/m0/s1. The number of nitrogens with zero attached hydrogens (tertiary/aromatic N) is 2. The smallest absolute Gasteiger partial charge is 0.335 e. The van der Waals surface area contributed by atoms with E-state index in [1.54, 1.807) is 48.7 Å². The molecule has 4 amide bonds. The predicted molar refractivity (Wildman–Crippen MR) is 141 cm³/mol. The van der Waals surface area contributed by atoms with Crippen LogP contribution in [0.15, 0.2) is 66.4 Å². The summed E-state index contributed by atoms with van der Waals surface area (Å²) in [7, 11) is 0. The lowest BCUT2D eigenvalue weighted by Crippen LogP contribution is -2.54. The van der Waals surface area contributed by atoms with E-state index in [9.17, 15) is 14.4 Å². The number of amides is 4. The molecular formula is C27H25Cl2N3O4. The predicted octanol–water partition coefficient (Wildman–Crippen LogP) is 6.05. The molecule has 0 radical (unpaired) electrons. The van der Waals surface area contributed by atoms with Crippen molar-refractivity contribution in [3.05, 3.63) is 87.7 Å². The molecule has 0 unspecified atom stereocenters. The van der Waals surface area contributed by atoms with Crippen molar-refractivity contribution < 1.29 is 19.1 Å². The van der Waals surface area contributed by atoms with Crippen molar-refractivity contribution in [3.63, 3.8) is 0 Å². The Morgan fingerprint density at radius 1 is 1.06 bits per heavy atom. The lowest BCUT2D eigenvalue weighted by atomic mass is 9.98. The largest absolute Gasteiger partial charge is 0.490 e. The van der Waals surface area contributed by atoms with Crippen LogP contribution in [0.25, 0.3) is 6.08 Å². The number of nitrogens with one attached hydrogen (secondary N) is 1. The zero-order valence-corrected chi connectivity index (χ0v) is 21.3. The van der Waals surface area contributed by atoms with Crippen molar-refractivity contribution in [2.45, 2.75) is 32.7 Å². The molecule has 36 heavy (non-hydrogen) atoms. The van der Waals surface area contributed by atoms with Crippen molar-refractivity contribution in [1.29, 1.82) is 0 Å². The van der Waals surface area contributed by atoms with Crippen LogP contribution in [0.4, 0.5) is 10.5 Å². The highest BCUT2D eigenvalue weighted by Crippen LogP contribution is 2.28. The lowest BCUT2D eigenvalue weighted by Gasteiger charge is -2.26. The summed E-state index contributed by atoms with van der Waals surface area (Å²) in [6.07, 6.45) is 4.24. The minimum Gasteiger partial charge on any atom is -0.490 e. The molecule has 1 saturated heterocycles. The summed E-state index contributed by atoms with van der Waals surface area (Å²) in [5.74, 6) is -0.609. The van der Waals surface area contributed by atoms with Gasteiger partial charge in [0.2, 0.25) is 0 Å². The molecule has 3 aromatic rings. The van der Waals surface area contributed by atoms with Crippen molar-refractivity contribution in [2.24, 2.45) is 0 Å². The zero-order valence-electron chi connectivity index (χ0n) is 19.8. The van der Waals surface area contributed by atoms with E-state index in [0.29, 0.717) is 39.6 Å². The van der Waals surface area contributed by atoms with Gasteiger partial charge in [0.1, 0.15) is 17.9 Å². The number of carbonyl (C=O) groups excluding carboxylic acids is 3. The zero-order chi connectivity index (χ0) is 25.8. The number of rotatable bonds is 8. The first kappa shape index (κ1) is 25.5. The van der Waals surface area contributed by atoms with Crippen LogP contribution in [0.5, 0.6) is 5.75 Å². The topological polar surface area (TPSA) is 80.6 Å². The van der Waals surface area contributed by atoms with Gasteiger partial charge >= 0.3 is 6.03 Å². The number of halogens is 2. The van der Waals surface area contributed by atoms with Crippen molar-refractivity contribution in [3.8, 4) is 5.75 Å². The molecule has 9 heteroatoms.